The number of rotatable bonds is 4. The number of benzene rings is 2. The van der Waals surface area contributed by atoms with Gasteiger partial charge in [0.15, 0.2) is 0 Å². The summed E-state index contributed by atoms with van der Waals surface area (Å²) < 4.78 is 11.8. The van der Waals surface area contributed by atoms with Gasteiger partial charge in [-0.15, -0.1) is 0 Å². The van der Waals surface area contributed by atoms with Crippen molar-refractivity contribution in [2.75, 3.05) is 12.4 Å². The molecule has 2 unspecified atom stereocenters. The van der Waals surface area contributed by atoms with Gasteiger partial charge in [0.05, 0.1) is 13.5 Å². The maximum atomic E-state index is 11.3. The molecule has 136 valence electrons. The Kier molecular flexibility index (Phi) is 5.46. The third-order valence-corrected chi connectivity index (χ3v) is 4.84. The number of anilines is 1. The molecule has 3 rings (SSSR count). The highest BCUT2D eigenvalue weighted by atomic mass is 35.5. The van der Waals surface area contributed by atoms with E-state index in [-0.39, 0.29) is 6.42 Å². The molecule has 5 nitrogen and oxygen atoms in total. The minimum atomic E-state index is -0.988. The number of carboxylic acid groups (broad SMARTS) is 1. The molecule has 0 amide bonds. The third kappa shape index (κ3) is 3.67. The van der Waals surface area contributed by atoms with Crippen LogP contribution in [-0.4, -0.2) is 29.3 Å². The minimum Gasteiger partial charge on any atom is -0.496 e. The van der Waals surface area contributed by atoms with Crippen LogP contribution in [0.25, 0.3) is 0 Å². The van der Waals surface area contributed by atoms with E-state index in [2.05, 4.69) is 5.32 Å². The van der Waals surface area contributed by atoms with Crippen molar-refractivity contribution in [3.05, 3.63) is 58.1 Å². The second kappa shape index (κ2) is 7.61. The fourth-order valence-electron chi connectivity index (χ4n) is 3.08. The van der Waals surface area contributed by atoms with Crippen molar-refractivity contribution in [2.24, 2.45) is 0 Å². The lowest BCUT2D eigenvalue weighted by Crippen LogP contribution is -2.30. The van der Waals surface area contributed by atoms with Gasteiger partial charge < -0.3 is 19.9 Å². The number of nitrogens with one attached hydrogen (secondary N) is 1. The number of para-hydroxylation sites is 1. The average molecular weight is 392 g/mol. The Balaban J connectivity index is 2.17. The molecular weight excluding hydrogens is 374 g/mol. The summed E-state index contributed by atoms with van der Waals surface area (Å²) in [5, 5.41) is 12.9. The number of hydrogen-bond acceptors (Lipinski definition) is 4. The smallest absolute Gasteiger partial charge is 0.306 e. The SMILES string of the molecule is COc1c(C)cccc1C1OC(CC(=O)O)C(=S)Nc2ccc(Cl)cc21. The van der Waals surface area contributed by atoms with Gasteiger partial charge in [0, 0.05) is 21.8 Å². The van der Waals surface area contributed by atoms with E-state index in [1.807, 2.05) is 31.2 Å². The molecule has 0 spiro atoms. The lowest BCUT2D eigenvalue weighted by Gasteiger charge is -2.24. The Morgan fingerprint density at radius 2 is 2.12 bits per heavy atom. The van der Waals surface area contributed by atoms with Crippen LogP contribution in [0.1, 0.15) is 29.2 Å². The highest BCUT2D eigenvalue weighted by Gasteiger charge is 2.32. The Hall–Kier alpha value is -2.15. The molecule has 0 bridgehead atoms. The standard InChI is InChI=1S/C19H18ClNO4S/c1-10-4-3-5-12(17(10)24-2)18-13-8-11(20)6-7-14(13)21-19(26)15(25-18)9-16(22)23/h3-8,15,18H,9H2,1-2H3,(H,21,26)(H,22,23). The van der Waals surface area contributed by atoms with E-state index in [0.29, 0.717) is 15.8 Å². The highest BCUT2D eigenvalue weighted by molar-refractivity contribution is 7.80. The average Bonchev–Trinajstić information content (AvgIpc) is 2.71. The van der Waals surface area contributed by atoms with Crippen LogP contribution in [0.2, 0.25) is 5.02 Å². The topological polar surface area (TPSA) is 67.8 Å². The van der Waals surface area contributed by atoms with Gasteiger partial charge in [0.1, 0.15) is 22.9 Å². The zero-order valence-corrected chi connectivity index (χ0v) is 15.9. The quantitative estimate of drug-likeness (QED) is 0.755. The zero-order valence-electron chi connectivity index (χ0n) is 14.3. The molecule has 0 radical (unpaired) electrons. The van der Waals surface area contributed by atoms with Crippen molar-refractivity contribution in [3.8, 4) is 5.75 Å². The highest BCUT2D eigenvalue weighted by Crippen LogP contribution is 2.41. The summed E-state index contributed by atoms with van der Waals surface area (Å²) in [6.45, 7) is 1.94. The first kappa shape index (κ1) is 18.6. The van der Waals surface area contributed by atoms with Crippen molar-refractivity contribution in [3.63, 3.8) is 0 Å². The first-order valence-corrected chi connectivity index (χ1v) is 8.80. The second-order valence-corrected chi connectivity index (χ2v) is 6.90. The lowest BCUT2D eigenvalue weighted by molar-refractivity contribution is -0.139. The van der Waals surface area contributed by atoms with Gasteiger partial charge in [0.2, 0.25) is 0 Å². The number of carboxylic acids is 1. The molecule has 0 saturated carbocycles. The van der Waals surface area contributed by atoms with Gasteiger partial charge in [0.25, 0.3) is 0 Å². The molecule has 2 aromatic rings. The van der Waals surface area contributed by atoms with Gasteiger partial charge in [-0.2, -0.15) is 0 Å². The molecule has 2 aromatic carbocycles. The molecule has 2 N–H and O–H groups in total. The van der Waals surface area contributed by atoms with E-state index in [0.717, 1.165) is 22.4 Å². The molecule has 2 atom stereocenters. The summed E-state index contributed by atoms with van der Waals surface area (Å²) in [7, 11) is 1.60. The lowest BCUT2D eigenvalue weighted by atomic mass is 9.97. The number of methoxy groups -OCH3 is 1. The van der Waals surface area contributed by atoms with Crippen LogP contribution < -0.4 is 10.1 Å². The van der Waals surface area contributed by atoms with Gasteiger partial charge >= 0.3 is 5.97 Å². The number of thiocarbonyl (C=S) groups is 1. The summed E-state index contributed by atoms with van der Waals surface area (Å²) in [5.74, 6) is -0.302. The molecule has 1 aliphatic heterocycles. The summed E-state index contributed by atoms with van der Waals surface area (Å²) in [6.07, 6.45) is -1.59. The number of halogens is 1. The van der Waals surface area contributed by atoms with Crippen molar-refractivity contribution in [1.82, 2.24) is 0 Å². The van der Waals surface area contributed by atoms with Crippen LogP contribution in [0.15, 0.2) is 36.4 Å². The zero-order chi connectivity index (χ0) is 18.8. The van der Waals surface area contributed by atoms with Crippen LogP contribution in [-0.2, 0) is 9.53 Å². The molecule has 26 heavy (non-hydrogen) atoms. The number of carbonyl (C=O) groups is 1. The maximum absolute atomic E-state index is 11.3. The molecule has 1 heterocycles. The number of ether oxygens (including phenoxy) is 2. The van der Waals surface area contributed by atoms with Gasteiger partial charge in [-0.25, -0.2) is 0 Å². The molecular formula is C19H18ClNO4S. The van der Waals surface area contributed by atoms with Crippen LogP contribution in [0.5, 0.6) is 5.75 Å². The fourth-order valence-corrected chi connectivity index (χ4v) is 3.51. The predicted molar refractivity (Wildman–Crippen MR) is 104 cm³/mol. The Bertz CT molecular complexity index is 871. The molecule has 0 aromatic heterocycles. The number of fused-ring (bicyclic) bond motifs is 1. The summed E-state index contributed by atoms with van der Waals surface area (Å²) in [6, 6.07) is 11.1. The van der Waals surface area contributed by atoms with E-state index in [1.54, 1.807) is 19.2 Å². The van der Waals surface area contributed by atoms with Crippen molar-refractivity contribution >= 4 is 40.5 Å². The van der Waals surface area contributed by atoms with Crippen molar-refractivity contribution in [2.45, 2.75) is 25.6 Å². The summed E-state index contributed by atoms with van der Waals surface area (Å²) in [5.41, 5.74) is 3.25. The number of aliphatic carboxylic acids is 1. The van der Waals surface area contributed by atoms with Gasteiger partial charge in [-0.1, -0.05) is 42.0 Å². The first-order chi connectivity index (χ1) is 12.4. The third-order valence-electron chi connectivity index (χ3n) is 4.24. The van der Waals surface area contributed by atoms with Crippen molar-refractivity contribution in [1.29, 1.82) is 0 Å². The summed E-state index contributed by atoms with van der Waals surface area (Å²) >= 11 is 11.6. The van der Waals surface area contributed by atoms with E-state index in [4.69, 9.17) is 33.3 Å². The molecule has 0 fully saturated rings. The molecule has 0 saturated heterocycles. The number of aryl methyl sites for hydroxylation is 1. The van der Waals surface area contributed by atoms with Crippen LogP contribution >= 0.6 is 23.8 Å². The summed E-state index contributed by atoms with van der Waals surface area (Å²) in [4.78, 5) is 11.6. The minimum absolute atomic E-state index is 0.238. The monoisotopic (exact) mass is 391 g/mol. The first-order valence-electron chi connectivity index (χ1n) is 8.01. The van der Waals surface area contributed by atoms with Crippen LogP contribution in [0.4, 0.5) is 5.69 Å². The normalized spacial score (nSPS) is 19.3. The van der Waals surface area contributed by atoms with E-state index >= 15 is 0 Å². The maximum Gasteiger partial charge on any atom is 0.306 e. The predicted octanol–water partition coefficient (Wildman–Crippen LogP) is 4.36. The fraction of sp³-hybridized carbons (Fsp3) is 0.263. The van der Waals surface area contributed by atoms with Gasteiger partial charge in [-0.3, -0.25) is 4.79 Å². The van der Waals surface area contributed by atoms with E-state index in [1.165, 1.54) is 0 Å². The molecule has 0 aliphatic carbocycles. The Morgan fingerprint density at radius 1 is 1.35 bits per heavy atom. The van der Waals surface area contributed by atoms with Crippen LogP contribution in [0, 0.1) is 6.92 Å². The van der Waals surface area contributed by atoms with E-state index in [9.17, 15) is 9.90 Å². The second-order valence-electron chi connectivity index (χ2n) is 6.02. The van der Waals surface area contributed by atoms with Gasteiger partial charge in [-0.05, 0) is 30.7 Å². The molecule has 1 aliphatic rings. The largest absolute Gasteiger partial charge is 0.496 e. The van der Waals surface area contributed by atoms with E-state index < -0.39 is 18.2 Å². The van der Waals surface area contributed by atoms with Crippen molar-refractivity contribution < 1.29 is 19.4 Å². The number of hydrogen-bond donors (Lipinski definition) is 2. The van der Waals surface area contributed by atoms with Crippen LogP contribution in [0.3, 0.4) is 0 Å². The Labute approximate surface area is 161 Å². The Morgan fingerprint density at radius 3 is 2.81 bits per heavy atom. The molecule has 7 heteroatoms.